The summed E-state index contributed by atoms with van der Waals surface area (Å²) in [7, 11) is 1.91. The summed E-state index contributed by atoms with van der Waals surface area (Å²) in [4.78, 5) is 22.6. The number of ether oxygens (including phenoxy) is 1. The molecule has 1 N–H and O–H groups in total. The Hall–Kier alpha value is -1.61. The van der Waals surface area contributed by atoms with Crippen LogP contribution in [0.2, 0.25) is 0 Å². The summed E-state index contributed by atoms with van der Waals surface area (Å²) in [6.45, 7) is -0.515. The average Bonchev–Trinajstić information content (AvgIpc) is 2.91. The summed E-state index contributed by atoms with van der Waals surface area (Å²) >= 11 is 0. The number of carbonyl (C=O) groups is 1. The number of nitrogens with zero attached hydrogens (tertiary/aromatic N) is 3. The fraction of sp³-hybridized carbons (Fsp3) is 0.667. The molecule has 1 saturated heterocycles. The van der Waals surface area contributed by atoms with Crippen LogP contribution in [0.1, 0.15) is 11.9 Å². The van der Waals surface area contributed by atoms with Gasteiger partial charge in [-0.2, -0.15) is 13.2 Å². The van der Waals surface area contributed by atoms with Gasteiger partial charge in [-0.3, -0.25) is 9.69 Å². The maximum absolute atomic E-state index is 12.0. The summed E-state index contributed by atoms with van der Waals surface area (Å²) in [6.07, 6.45) is -1.11. The van der Waals surface area contributed by atoms with Crippen molar-refractivity contribution in [3.05, 3.63) is 18.2 Å². The zero-order valence-electron chi connectivity index (χ0n) is 11.6. The number of rotatable bonds is 4. The molecular weight excluding hydrogens is 289 g/mol. The lowest BCUT2D eigenvalue weighted by molar-refractivity contribution is -0.178. The Balaban J connectivity index is 1.87. The third-order valence-corrected chi connectivity index (χ3v) is 3.33. The first-order chi connectivity index (χ1) is 9.87. The Morgan fingerprint density at radius 1 is 1.52 bits per heavy atom. The van der Waals surface area contributed by atoms with Gasteiger partial charge >= 0.3 is 6.18 Å². The van der Waals surface area contributed by atoms with Crippen molar-refractivity contribution >= 4 is 5.91 Å². The van der Waals surface area contributed by atoms with Crippen LogP contribution < -0.4 is 0 Å². The topological polar surface area (TPSA) is 61.5 Å². The monoisotopic (exact) mass is 306 g/mol. The first kappa shape index (κ1) is 15.8. The number of nitrogens with one attached hydrogen (secondary N) is 1. The Morgan fingerprint density at radius 2 is 2.29 bits per heavy atom. The highest BCUT2D eigenvalue weighted by Crippen LogP contribution is 2.21. The maximum atomic E-state index is 12.0. The van der Waals surface area contributed by atoms with Gasteiger partial charge in [0.1, 0.15) is 19.0 Å². The van der Waals surface area contributed by atoms with Crippen LogP contribution in [-0.2, 0) is 9.53 Å². The highest BCUT2D eigenvalue weighted by Gasteiger charge is 2.31. The highest BCUT2D eigenvalue weighted by atomic mass is 19.4. The van der Waals surface area contributed by atoms with E-state index in [9.17, 15) is 18.0 Å². The summed E-state index contributed by atoms with van der Waals surface area (Å²) in [6, 6.07) is -0.0969. The van der Waals surface area contributed by atoms with Gasteiger partial charge in [-0.25, -0.2) is 4.98 Å². The van der Waals surface area contributed by atoms with Crippen LogP contribution in [0.15, 0.2) is 12.4 Å². The zero-order chi connectivity index (χ0) is 15.5. The normalized spacial score (nSPS) is 20.8. The van der Waals surface area contributed by atoms with Gasteiger partial charge < -0.3 is 14.6 Å². The van der Waals surface area contributed by atoms with E-state index in [4.69, 9.17) is 0 Å². The molecule has 1 amide bonds. The van der Waals surface area contributed by atoms with Crippen LogP contribution in [0.25, 0.3) is 0 Å². The van der Waals surface area contributed by atoms with E-state index in [-0.39, 0.29) is 6.04 Å². The van der Waals surface area contributed by atoms with Crippen LogP contribution in [-0.4, -0.2) is 71.7 Å². The number of alkyl halides is 3. The number of amides is 1. The van der Waals surface area contributed by atoms with Crippen molar-refractivity contribution in [2.75, 3.05) is 39.9 Å². The number of aromatic amines is 1. The maximum Gasteiger partial charge on any atom is 0.411 e. The van der Waals surface area contributed by atoms with Crippen LogP contribution in [0.3, 0.4) is 0 Å². The van der Waals surface area contributed by atoms with Crippen LogP contribution in [0.5, 0.6) is 0 Å². The van der Waals surface area contributed by atoms with Gasteiger partial charge in [0, 0.05) is 32.0 Å². The van der Waals surface area contributed by atoms with Crippen LogP contribution >= 0.6 is 0 Å². The molecule has 1 aromatic rings. The summed E-state index contributed by atoms with van der Waals surface area (Å²) in [5.41, 5.74) is 0. The zero-order valence-corrected chi connectivity index (χ0v) is 11.6. The molecule has 0 radical (unpaired) electrons. The molecule has 1 aliphatic heterocycles. The fourth-order valence-electron chi connectivity index (χ4n) is 2.20. The minimum atomic E-state index is -4.42. The Morgan fingerprint density at radius 3 is 2.90 bits per heavy atom. The molecule has 118 valence electrons. The van der Waals surface area contributed by atoms with E-state index in [0.717, 1.165) is 5.82 Å². The third kappa shape index (κ3) is 4.43. The molecule has 9 heteroatoms. The fourth-order valence-corrected chi connectivity index (χ4v) is 2.20. The molecule has 6 nitrogen and oxygen atoms in total. The number of hydrogen-bond donors (Lipinski definition) is 1. The van der Waals surface area contributed by atoms with E-state index in [2.05, 4.69) is 14.7 Å². The standard InChI is InChI=1S/C12H17F3N4O2/c1-18-4-5-19(6-9(18)11-16-2-3-17-11)10(20)7-21-8-12(13,14)15/h2-3,9H,4-8H2,1H3,(H,16,17)/t9-/m1/s1. The van der Waals surface area contributed by atoms with Crippen molar-refractivity contribution in [2.24, 2.45) is 0 Å². The van der Waals surface area contributed by atoms with Crippen molar-refractivity contribution in [3.8, 4) is 0 Å². The second kappa shape index (κ2) is 6.44. The summed E-state index contributed by atoms with van der Waals surface area (Å²) in [5.74, 6) is 0.287. The largest absolute Gasteiger partial charge is 0.411 e. The predicted molar refractivity (Wildman–Crippen MR) is 67.4 cm³/mol. The van der Waals surface area contributed by atoms with Gasteiger partial charge in [-0.05, 0) is 7.05 Å². The molecule has 2 rings (SSSR count). The lowest BCUT2D eigenvalue weighted by atomic mass is 10.1. The van der Waals surface area contributed by atoms with Crippen LogP contribution in [0.4, 0.5) is 13.2 Å². The molecule has 1 fully saturated rings. The predicted octanol–water partition coefficient (Wildman–Crippen LogP) is 0.804. The van der Waals surface area contributed by atoms with Crippen molar-refractivity contribution < 1.29 is 22.7 Å². The summed E-state index contributed by atoms with van der Waals surface area (Å²) < 4.78 is 40.3. The van der Waals surface area contributed by atoms with E-state index in [1.165, 1.54) is 4.90 Å². The second-order valence-electron chi connectivity index (χ2n) is 4.92. The first-order valence-corrected chi connectivity index (χ1v) is 6.48. The van der Waals surface area contributed by atoms with E-state index >= 15 is 0 Å². The van der Waals surface area contributed by atoms with E-state index < -0.39 is 25.3 Å². The van der Waals surface area contributed by atoms with Crippen LogP contribution in [0, 0.1) is 0 Å². The Kier molecular flexibility index (Phi) is 4.84. The van der Waals surface area contributed by atoms with Gasteiger partial charge in [0.2, 0.25) is 5.91 Å². The molecule has 0 spiro atoms. The minimum absolute atomic E-state index is 0.0969. The minimum Gasteiger partial charge on any atom is -0.362 e. The van der Waals surface area contributed by atoms with E-state index in [0.29, 0.717) is 19.6 Å². The molecule has 2 heterocycles. The van der Waals surface area contributed by atoms with Crippen molar-refractivity contribution in [2.45, 2.75) is 12.2 Å². The molecule has 1 aromatic heterocycles. The van der Waals surface area contributed by atoms with Crippen molar-refractivity contribution in [3.63, 3.8) is 0 Å². The number of halogens is 3. The van der Waals surface area contributed by atoms with E-state index in [1.54, 1.807) is 12.4 Å². The molecule has 1 aliphatic rings. The first-order valence-electron chi connectivity index (χ1n) is 6.48. The second-order valence-corrected chi connectivity index (χ2v) is 4.92. The number of piperazine rings is 1. The molecule has 0 aromatic carbocycles. The molecule has 21 heavy (non-hydrogen) atoms. The Bertz CT molecular complexity index is 464. The highest BCUT2D eigenvalue weighted by molar-refractivity contribution is 5.77. The summed E-state index contributed by atoms with van der Waals surface area (Å²) in [5, 5.41) is 0. The van der Waals surface area contributed by atoms with Gasteiger partial charge in [0.25, 0.3) is 0 Å². The van der Waals surface area contributed by atoms with Crippen molar-refractivity contribution in [1.29, 1.82) is 0 Å². The van der Waals surface area contributed by atoms with Gasteiger partial charge in [0.15, 0.2) is 0 Å². The lowest BCUT2D eigenvalue weighted by Crippen LogP contribution is -2.50. The molecule has 0 saturated carbocycles. The number of hydrogen-bond acceptors (Lipinski definition) is 4. The van der Waals surface area contributed by atoms with Gasteiger partial charge in [-0.15, -0.1) is 0 Å². The molecule has 0 aliphatic carbocycles. The lowest BCUT2D eigenvalue weighted by Gasteiger charge is -2.38. The number of carbonyl (C=O) groups excluding carboxylic acids is 1. The number of likely N-dealkylation sites (N-methyl/N-ethyl adjacent to an activating group) is 1. The molecule has 0 unspecified atom stereocenters. The average molecular weight is 306 g/mol. The number of aromatic nitrogens is 2. The van der Waals surface area contributed by atoms with Gasteiger partial charge in [-0.1, -0.05) is 0 Å². The molecular formula is C12H17F3N4O2. The van der Waals surface area contributed by atoms with E-state index in [1.807, 2.05) is 11.9 Å². The SMILES string of the molecule is CN1CCN(C(=O)COCC(F)(F)F)C[C@@H]1c1ncc[nH]1. The molecule has 1 atom stereocenters. The number of H-pyrrole nitrogens is 1. The van der Waals surface area contributed by atoms with Crippen molar-refractivity contribution in [1.82, 2.24) is 19.8 Å². The Labute approximate surface area is 119 Å². The number of imidazole rings is 1. The van der Waals surface area contributed by atoms with Gasteiger partial charge in [0.05, 0.1) is 6.04 Å². The third-order valence-electron chi connectivity index (χ3n) is 3.33. The quantitative estimate of drug-likeness (QED) is 0.894. The smallest absolute Gasteiger partial charge is 0.362 e. The molecule has 0 bridgehead atoms.